The fourth-order valence-electron chi connectivity index (χ4n) is 4.20. The van der Waals surface area contributed by atoms with E-state index in [1.807, 2.05) is 42.2 Å². The van der Waals surface area contributed by atoms with Crippen molar-refractivity contribution in [3.8, 4) is 0 Å². The first-order chi connectivity index (χ1) is 11.0. The standard InChI is InChI=1S/C18H23F2NO2/c1-3-23-17(22)16-15-10-9-14(11-18(15,19)20)21(16)12(2)13-7-5-4-6-8-13/h4-8,12,14-16H,3,9-11H2,1-2H3/t12-,14+,15-,16+/m0/s1. The maximum Gasteiger partial charge on any atom is 0.323 e. The van der Waals surface area contributed by atoms with Gasteiger partial charge in [-0.3, -0.25) is 9.69 Å². The Labute approximate surface area is 135 Å². The summed E-state index contributed by atoms with van der Waals surface area (Å²) in [7, 11) is 0. The van der Waals surface area contributed by atoms with Crippen LogP contribution >= 0.6 is 0 Å². The molecule has 126 valence electrons. The fourth-order valence-corrected chi connectivity index (χ4v) is 4.20. The number of rotatable bonds is 4. The number of nitrogens with zero attached hydrogens (tertiary/aromatic N) is 1. The highest BCUT2D eigenvalue weighted by molar-refractivity contribution is 5.77. The summed E-state index contributed by atoms with van der Waals surface area (Å²) in [4.78, 5) is 14.4. The molecule has 0 radical (unpaired) electrons. The SMILES string of the molecule is CCOC(=O)[C@H]1[C@@H]2CC[C@H](CC2(F)F)N1[C@@H](C)c1ccccc1. The second-order valence-corrected chi connectivity index (χ2v) is 6.53. The summed E-state index contributed by atoms with van der Waals surface area (Å²) in [5.74, 6) is -4.24. The van der Waals surface area contributed by atoms with Crippen LogP contribution in [0.4, 0.5) is 8.78 Å². The topological polar surface area (TPSA) is 29.5 Å². The number of esters is 1. The van der Waals surface area contributed by atoms with E-state index in [0.717, 1.165) is 5.56 Å². The number of alkyl halides is 2. The van der Waals surface area contributed by atoms with Crippen LogP contribution in [0.3, 0.4) is 0 Å². The van der Waals surface area contributed by atoms with E-state index in [1.165, 1.54) is 0 Å². The number of carbonyl (C=O) groups is 1. The smallest absolute Gasteiger partial charge is 0.323 e. The van der Waals surface area contributed by atoms with Crippen LogP contribution in [0.5, 0.6) is 0 Å². The van der Waals surface area contributed by atoms with Gasteiger partial charge < -0.3 is 4.74 Å². The number of hydrogen-bond acceptors (Lipinski definition) is 3. The number of halogens is 2. The fraction of sp³-hybridized carbons (Fsp3) is 0.611. The zero-order chi connectivity index (χ0) is 16.6. The molecule has 0 amide bonds. The maximum atomic E-state index is 14.4. The summed E-state index contributed by atoms with van der Waals surface area (Å²) in [5.41, 5.74) is 1.04. The van der Waals surface area contributed by atoms with Gasteiger partial charge in [-0.2, -0.15) is 0 Å². The lowest BCUT2D eigenvalue weighted by Crippen LogP contribution is -2.65. The summed E-state index contributed by atoms with van der Waals surface area (Å²) in [6.45, 7) is 3.91. The predicted molar refractivity (Wildman–Crippen MR) is 83.2 cm³/mol. The minimum absolute atomic E-state index is 0.0884. The summed E-state index contributed by atoms with van der Waals surface area (Å²) in [6.07, 6.45) is 0.942. The first-order valence-electron chi connectivity index (χ1n) is 8.32. The summed E-state index contributed by atoms with van der Waals surface area (Å²) >= 11 is 0. The van der Waals surface area contributed by atoms with Gasteiger partial charge in [0.25, 0.3) is 5.92 Å². The summed E-state index contributed by atoms with van der Waals surface area (Å²) < 4.78 is 33.8. The molecule has 2 aliphatic heterocycles. The monoisotopic (exact) mass is 323 g/mol. The van der Waals surface area contributed by atoms with Gasteiger partial charge in [-0.05, 0) is 32.3 Å². The van der Waals surface area contributed by atoms with Crippen molar-refractivity contribution >= 4 is 5.97 Å². The zero-order valence-corrected chi connectivity index (χ0v) is 13.5. The van der Waals surface area contributed by atoms with E-state index in [9.17, 15) is 13.6 Å². The molecule has 2 heterocycles. The Hall–Kier alpha value is -1.49. The molecule has 1 aliphatic carbocycles. The normalized spacial score (nSPS) is 30.9. The van der Waals surface area contributed by atoms with Gasteiger partial charge in [-0.25, -0.2) is 8.78 Å². The zero-order valence-electron chi connectivity index (χ0n) is 13.5. The highest BCUT2D eigenvalue weighted by Crippen LogP contribution is 2.51. The molecule has 1 aromatic carbocycles. The molecule has 0 unspecified atom stereocenters. The van der Waals surface area contributed by atoms with E-state index in [2.05, 4.69) is 0 Å². The first kappa shape index (κ1) is 16.4. The average molecular weight is 323 g/mol. The van der Waals surface area contributed by atoms with Crippen molar-refractivity contribution in [2.75, 3.05) is 6.61 Å². The molecule has 4 atom stereocenters. The molecule has 0 aromatic heterocycles. The van der Waals surface area contributed by atoms with Crippen molar-refractivity contribution in [2.45, 2.75) is 57.2 Å². The van der Waals surface area contributed by atoms with E-state index in [1.54, 1.807) is 6.92 Å². The van der Waals surface area contributed by atoms with Crippen LogP contribution in [-0.4, -0.2) is 35.5 Å². The van der Waals surface area contributed by atoms with Crippen molar-refractivity contribution in [2.24, 2.45) is 5.92 Å². The van der Waals surface area contributed by atoms with Gasteiger partial charge in [-0.1, -0.05) is 30.3 Å². The van der Waals surface area contributed by atoms with Crippen LogP contribution in [-0.2, 0) is 9.53 Å². The highest BCUT2D eigenvalue weighted by Gasteiger charge is 2.60. The average Bonchev–Trinajstić information content (AvgIpc) is 2.54. The third-order valence-corrected chi connectivity index (χ3v) is 5.24. The molecule has 2 bridgehead atoms. The Morgan fingerprint density at radius 3 is 2.65 bits per heavy atom. The molecule has 3 nitrogen and oxygen atoms in total. The van der Waals surface area contributed by atoms with Crippen molar-refractivity contribution in [1.29, 1.82) is 0 Å². The summed E-state index contributed by atoms with van der Waals surface area (Å²) in [5, 5.41) is 0. The van der Waals surface area contributed by atoms with E-state index in [4.69, 9.17) is 4.74 Å². The predicted octanol–water partition coefficient (Wildman–Crippen LogP) is 3.80. The molecular formula is C18H23F2NO2. The van der Waals surface area contributed by atoms with Crippen molar-refractivity contribution in [3.05, 3.63) is 35.9 Å². The largest absolute Gasteiger partial charge is 0.465 e. The molecule has 0 spiro atoms. The minimum Gasteiger partial charge on any atom is -0.465 e. The molecule has 0 N–H and O–H groups in total. The van der Waals surface area contributed by atoms with E-state index < -0.39 is 23.9 Å². The van der Waals surface area contributed by atoms with Crippen molar-refractivity contribution in [3.63, 3.8) is 0 Å². The quantitative estimate of drug-likeness (QED) is 0.789. The molecule has 3 fully saturated rings. The minimum atomic E-state index is -2.78. The molecule has 2 saturated heterocycles. The van der Waals surface area contributed by atoms with Crippen LogP contribution in [0.15, 0.2) is 30.3 Å². The molecule has 4 rings (SSSR count). The van der Waals surface area contributed by atoms with Gasteiger partial charge in [0.05, 0.1) is 6.61 Å². The number of hydrogen-bond donors (Lipinski definition) is 0. The second kappa shape index (κ2) is 6.19. The number of fused-ring (bicyclic) bond motifs is 3. The third-order valence-electron chi connectivity index (χ3n) is 5.24. The molecule has 3 aliphatic rings. The van der Waals surface area contributed by atoms with Gasteiger partial charge in [0, 0.05) is 24.4 Å². The Morgan fingerprint density at radius 1 is 1.35 bits per heavy atom. The lowest BCUT2D eigenvalue weighted by atomic mass is 9.71. The number of ether oxygens (including phenoxy) is 1. The van der Waals surface area contributed by atoms with Gasteiger partial charge in [0.1, 0.15) is 6.04 Å². The Morgan fingerprint density at radius 2 is 2.04 bits per heavy atom. The van der Waals surface area contributed by atoms with E-state index in [-0.39, 0.29) is 25.1 Å². The van der Waals surface area contributed by atoms with Crippen LogP contribution < -0.4 is 0 Å². The molecular weight excluding hydrogens is 300 g/mol. The number of carbonyl (C=O) groups excluding carboxylic acids is 1. The lowest BCUT2D eigenvalue weighted by molar-refractivity contribution is -0.207. The van der Waals surface area contributed by atoms with Crippen molar-refractivity contribution < 1.29 is 18.3 Å². The van der Waals surface area contributed by atoms with Crippen LogP contribution in [0, 0.1) is 5.92 Å². The second-order valence-electron chi connectivity index (χ2n) is 6.53. The van der Waals surface area contributed by atoms with Gasteiger partial charge in [0.2, 0.25) is 0 Å². The molecule has 1 saturated carbocycles. The van der Waals surface area contributed by atoms with E-state index in [0.29, 0.717) is 12.8 Å². The molecule has 5 heteroatoms. The van der Waals surface area contributed by atoms with Crippen molar-refractivity contribution in [1.82, 2.24) is 4.90 Å². The molecule has 23 heavy (non-hydrogen) atoms. The third kappa shape index (κ3) is 2.87. The molecule has 1 aromatic rings. The highest BCUT2D eigenvalue weighted by atomic mass is 19.3. The van der Waals surface area contributed by atoms with Gasteiger partial charge in [-0.15, -0.1) is 0 Å². The van der Waals surface area contributed by atoms with Gasteiger partial charge in [0.15, 0.2) is 0 Å². The lowest BCUT2D eigenvalue weighted by Gasteiger charge is -2.55. The van der Waals surface area contributed by atoms with E-state index >= 15 is 0 Å². The number of piperidine rings is 2. The maximum absolute atomic E-state index is 14.4. The van der Waals surface area contributed by atoms with Crippen LogP contribution in [0.25, 0.3) is 0 Å². The van der Waals surface area contributed by atoms with Gasteiger partial charge >= 0.3 is 5.97 Å². The first-order valence-corrected chi connectivity index (χ1v) is 8.32. The Kier molecular flexibility index (Phi) is 4.41. The van der Waals surface area contributed by atoms with Crippen LogP contribution in [0.1, 0.15) is 44.7 Å². The Bertz CT molecular complexity index is 563. The van der Waals surface area contributed by atoms with Crippen LogP contribution in [0.2, 0.25) is 0 Å². The Balaban J connectivity index is 1.95. The number of benzene rings is 1. The summed E-state index contributed by atoms with van der Waals surface area (Å²) in [6, 6.07) is 8.53.